The van der Waals surface area contributed by atoms with Crippen molar-refractivity contribution < 1.29 is 4.42 Å². The first-order valence-electron chi connectivity index (χ1n) is 3.27. The van der Waals surface area contributed by atoms with Crippen LogP contribution in [0.1, 0.15) is 0 Å². The summed E-state index contributed by atoms with van der Waals surface area (Å²) in [5, 5.41) is 2.52. The molecule has 0 saturated carbocycles. The molecule has 5 nitrogen and oxygen atoms in total. The van der Waals surface area contributed by atoms with Gasteiger partial charge < -0.3 is 4.42 Å². The van der Waals surface area contributed by atoms with Crippen molar-refractivity contribution >= 4 is 11.1 Å². The Morgan fingerprint density at radius 3 is 2.83 bits per heavy atom. The Morgan fingerprint density at radius 2 is 2.08 bits per heavy atom. The summed E-state index contributed by atoms with van der Waals surface area (Å²) < 4.78 is 5.38. The van der Waals surface area contributed by atoms with Crippen molar-refractivity contribution in [3.8, 4) is 0 Å². The molecule has 1 aromatic heterocycles. The maximum atomic E-state index is 10.9. The van der Waals surface area contributed by atoms with Gasteiger partial charge in [0, 0.05) is 0 Å². The van der Waals surface area contributed by atoms with E-state index in [0.29, 0.717) is 15.8 Å². The fourth-order valence-corrected chi connectivity index (χ4v) is 1.03. The van der Waals surface area contributed by atoms with E-state index >= 15 is 0 Å². The van der Waals surface area contributed by atoms with Gasteiger partial charge >= 0.3 is 5.76 Å². The van der Waals surface area contributed by atoms with E-state index in [-0.39, 0.29) is 0 Å². The van der Waals surface area contributed by atoms with Gasteiger partial charge in [-0.25, -0.2) is 4.79 Å². The van der Waals surface area contributed by atoms with E-state index in [1.165, 1.54) is 0 Å². The van der Waals surface area contributed by atoms with Crippen LogP contribution in [0.5, 0.6) is 0 Å². The van der Waals surface area contributed by atoms with Gasteiger partial charge in [0.25, 0.3) is 0 Å². The third-order valence-corrected chi connectivity index (χ3v) is 1.55. The molecule has 2 aromatic rings. The lowest BCUT2D eigenvalue weighted by Crippen LogP contribution is -2.07. The molecule has 0 radical (unpaired) electrons. The molecule has 2 rings (SSSR count). The van der Waals surface area contributed by atoms with Crippen LogP contribution in [0.3, 0.4) is 0 Å². The Hall–Kier alpha value is -1.91. The van der Waals surface area contributed by atoms with Crippen molar-refractivity contribution in [1.82, 2.24) is 4.68 Å². The van der Waals surface area contributed by atoms with Crippen LogP contribution >= 0.6 is 0 Å². The number of nitrogens with zero attached hydrogens (tertiary/aromatic N) is 2. The summed E-state index contributed by atoms with van der Waals surface area (Å²) in [5.74, 6) is -0.758. The summed E-state index contributed by atoms with van der Waals surface area (Å²) in [6.45, 7) is 0. The molecule has 0 amide bonds. The second-order valence-electron chi connectivity index (χ2n) is 2.23. The Labute approximate surface area is 66.2 Å². The number of para-hydroxylation sites is 2. The van der Waals surface area contributed by atoms with Crippen LogP contribution in [0, 0.1) is 4.91 Å². The van der Waals surface area contributed by atoms with Gasteiger partial charge in [-0.3, -0.25) is 0 Å². The van der Waals surface area contributed by atoms with Gasteiger partial charge in [0.1, 0.15) is 5.52 Å². The van der Waals surface area contributed by atoms with Crippen molar-refractivity contribution in [3.63, 3.8) is 0 Å². The molecule has 0 aliphatic rings. The quantitative estimate of drug-likeness (QED) is 0.593. The number of fused-ring (bicyclic) bond motifs is 1. The molecule has 60 valence electrons. The highest BCUT2D eigenvalue weighted by Crippen LogP contribution is 2.10. The topological polar surface area (TPSA) is 64.6 Å². The molecule has 0 N–H and O–H groups in total. The van der Waals surface area contributed by atoms with Gasteiger partial charge in [-0.2, -0.15) is 0 Å². The number of nitroso groups, excluding NO2 is 1. The first-order chi connectivity index (χ1) is 5.83. The SMILES string of the molecule is O=Nn1c(=O)oc2ccccc21. The maximum absolute atomic E-state index is 10.9. The highest BCUT2D eigenvalue weighted by atomic mass is 16.4. The van der Waals surface area contributed by atoms with Crippen molar-refractivity contribution in [2.75, 3.05) is 0 Å². The molecule has 1 heterocycles. The summed E-state index contributed by atoms with van der Waals surface area (Å²) in [4.78, 5) is 21.0. The number of aromatic nitrogens is 1. The van der Waals surface area contributed by atoms with E-state index in [4.69, 9.17) is 4.42 Å². The zero-order chi connectivity index (χ0) is 8.55. The second kappa shape index (κ2) is 2.30. The zero-order valence-electron chi connectivity index (χ0n) is 5.93. The molecule has 5 heteroatoms. The van der Waals surface area contributed by atoms with Crippen LogP contribution in [0.15, 0.2) is 38.8 Å². The summed E-state index contributed by atoms with van der Waals surface area (Å²) in [5.41, 5.74) is 0.750. The fraction of sp³-hybridized carbons (Fsp3) is 0. The van der Waals surface area contributed by atoms with E-state index in [9.17, 15) is 9.70 Å². The Kier molecular flexibility index (Phi) is 1.30. The molecule has 0 bridgehead atoms. The third kappa shape index (κ3) is 0.763. The van der Waals surface area contributed by atoms with Crippen LogP contribution in [0.2, 0.25) is 0 Å². The monoisotopic (exact) mass is 164 g/mol. The second-order valence-corrected chi connectivity index (χ2v) is 2.23. The lowest BCUT2D eigenvalue weighted by atomic mass is 10.3. The van der Waals surface area contributed by atoms with Gasteiger partial charge in [0.05, 0.1) is 5.29 Å². The summed E-state index contributed by atoms with van der Waals surface area (Å²) in [7, 11) is 0. The van der Waals surface area contributed by atoms with Crippen molar-refractivity contribution in [2.24, 2.45) is 5.29 Å². The highest BCUT2D eigenvalue weighted by molar-refractivity contribution is 5.72. The Morgan fingerprint density at radius 1 is 1.33 bits per heavy atom. The van der Waals surface area contributed by atoms with Crippen LogP contribution in [0.25, 0.3) is 11.1 Å². The molecule has 12 heavy (non-hydrogen) atoms. The normalized spacial score (nSPS) is 10.3. The van der Waals surface area contributed by atoms with Gasteiger partial charge in [-0.15, -0.1) is 9.58 Å². The number of hydrogen-bond acceptors (Lipinski definition) is 4. The zero-order valence-corrected chi connectivity index (χ0v) is 5.93. The van der Waals surface area contributed by atoms with Gasteiger partial charge in [0.2, 0.25) is 0 Å². The smallest absolute Gasteiger partial charge is 0.406 e. The standard InChI is InChI=1S/C7H4N2O3/c10-7-9(8-11)5-3-1-2-4-6(5)12-7/h1-4H. The number of hydrogen-bond donors (Lipinski definition) is 0. The molecule has 0 spiro atoms. The molecular weight excluding hydrogens is 160 g/mol. The average Bonchev–Trinajstić information content (AvgIpc) is 2.40. The predicted octanol–water partition coefficient (Wildman–Crippen LogP) is 1.12. The van der Waals surface area contributed by atoms with E-state index in [0.717, 1.165) is 0 Å². The molecule has 1 aromatic carbocycles. The summed E-state index contributed by atoms with van der Waals surface area (Å²) in [6, 6.07) is 6.58. The fourth-order valence-electron chi connectivity index (χ4n) is 1.03. The molecule has 0 aliphatic carbocycles. The predicted molar refractivity (Wildman–Crippen MR) is 41.7 cm³/mol. The van der Waals surface area contributed by atoms with Crippen LogP contribution < -0.4 is 5.76 Å². The maximum Gasteiger partial charge on any atom is 0.443 e. The van der Waals surface area contributed by atoms with E-state index in [1.54, 1.807) is 24.3 Å². The molecular formula is C7H4N2O3. The minimum absolute atomic E-state index is 0.363. The summed E-state index contributed by atoms with van der Waals surface area (Å²) in [6.07, 6.45) is 0. The Bertz CT molecular complexity index is 483. The van der Waals surface area contributed by atoms with Crippen molar-refractivity contribution in [2.45, 2.75) is 0 Å². The van der Waals surface area contributed by atoms with Crippen LogP contribution in [0.4, 0.5) is 0 Å². The number of benzene rings is 1. The van der Waals surface area contributed by atoms with E-state index in [2.05, 4.69) is 5.29 Å². The highest BCUT2D eigenvalue weighted by Gasteiger charge is 2.06. The minimum atomic E-state index is -0.758. The largest absolute Gasteiger partial charge is 0.443 e. The minimum Gasteiger partial charge on any atom is -0.406 e. The van der Waals surface area contributed by atoms with Gasteiger partial charge in [-0.05, 0) is 12.1 Å². The van der Waals surface area contributed by atoms with Crippen LogP contribution in [-0.2, 0) is 0 Å². The van der Waals surface area contributed by atoms with Gasteiger partial charge in [-0.1, -0.05) is 12.1 Å². The van der Waals surface area contributed by atoms with E-state index < -0.39 is 5.76 Å². The molecule has 0 fully saturated rings. The van der Waals surface area contributed by atoms with E-state index in [1.807, 2.05) is 0 Å². The summed E-state index contributed by atoms with van der Waals surface area (Å²) >= 11 is 0. The first-order valence-corrected chi connectivity index (χ1v) is 3.27. The van der Waals surface area contributed by atoms with Gasteiger partial charge in [0.15, 0.2) is 5.58 Å². The average molecular weight is 164 g/mol. The van der Waals surface area contributed by atoms with Crippen LogP contribution in [-0.4, -0.2) is 4.68 Å². The Balaban J connectivity index is 3.00. The molecule has 0 saturated heterocycles. The lowest BCUT2D eigenvalue weighted by molar-refractivity contribution is 0.524. The molecule has 0 atom stereocenters. The van der Waals surface area contributed by atoms with Crippen molar-refractivity contribution in [3.05, 3.63) is 39.7 Å². The molecule has 0 aliphatic heterocycles. The molecule has 0 unspecified atom stereocenters. The number of rotatable bonds is 1. The van der Waals surface area contributed by atoms with Crippen molar-refractivity contribution in [1.29, 1.82) is 0 Å². The third-order valence-electron chi connectivity index (χ3n) is 1.55. The number of oxazole rings is 1. The first kappa shape index (κ1) is 6.78. The lowest BCUT2D eigenvalue weighted by Gasteiger charge is -1.84.